The second-order valence-electron chi connectivity index (χ2n) is 8.19. The number of benzene rings is 1. The Morgan fingerprint density at radius 3 is 2.56 bits per heavy atom. The molecule has 0 bridgehead atoms. The first-order valence-corrected chi connectivity index (χ1v) is 11.3. The van der Waals surface area contributed by atoms with Crippen LogP contribution in [-0.2, 0) is 15.3 Å². The Hall–Kier alpha value is -1.67. The Morgan fingerprint density at radius 2 is 1.93 bits per heavy atom. The van der Waals surface area contributed by atoms with Gasteiger partial charge in [0.1, 0.15) is 5.82 Å². The quantitative estimate of drug-likeness (QED) is 0.666. The number of rotatable bonds is 5. The summed E-state index contributed by atoms with van der Waals surface area (Å²) >= 11 is 0. The number of carbonyl (C=O) groups excluding carboxylic acids is 1. The van der Waals surface area contributed by atoms with Gasteiger partial charge in [-0.25, -0.2) is 23.0 Å². The molecule has 0 radical (unpaired) electrons. The van der Waals surface area contributed by atoms with Crippen molar-refractivity contribution in [3.63, 3.8) is 0 Å². The lowest BCUT2D eigenvalue weighted by atomic mass is 9.69. The average molecular weight is 398 g/mol. The first-order chi connectivity index (χ1) is 12.7. The molecule has 1 aliphatic carbocycles. The van der Waals surface area contributed by atoms with Crippen molar-refractivity contribution >= 4 is 15.9 Å². The molecular weight excluding hydrogens is 369 g/mol. The van der Waals surface area contributed by atoms with Crippen LogP contribution in [0.15, 0.2) is 24.3 Å². The van der Waals surface area contributed by atoms with Crippen LogP contribution in [0.1, 0.15) is 51.0 Å². The van der Waals surface area contributed by atoms with Gasteiger partial charge in [0.05, 0.1) is 11.5 Å². The fourth-order valence-corrected chi connectivity index (χ4v) is 6.32. The predicted octanol–water partition coefficient (Wildman–Crippen LogP) is 2.41. The third-order valence-electron chi connectivity index (χ3n) is 5.82. The lowest BCUT2D eigenvalue weighted by Gasteiger charge is -2.38. The Kier molecular flexibility index (Phi) is 5.76. The minimum atomic E-state index is -3.05. The first kappa shape index (κ1) is 20.1. The van der Waals surface area contributed by atoms with Crippen LogP contribution in [0.5, 0.6) is 0 Å². The smallest absolute Gasteiger partial charge is 0.329 e. The van der Waals surface area contributed by atoms with Gasteiger partial charge in [0.15, 0.2) is 9.84 Å². The topological polar surface area (TPSA) is 87.3 Å². The van der Waals surface area contributed by atoms with E-state index in [0.29, 0.717) is 13.0 Å². The van der Waals surface area contributed by atoms with Crippen LogP contribution in [0.25, 0.3) is 0 Å². The molecule has 2 fully saturated rings. The summed E-state index contributed by atoms with van der Waals surface area (Å²) in [7, 11) is -3.05. The molecule has 3 N–H and O–H groups in total. The van der Waals surface area contributed by atoms with Gasteiger partial charge in [0, 0.05) is 17.5 Å². The summed E-state index contributed by atoms with van der Waals surface area (Å²) in [4.78, 5) is 12.3. The van der Waals surface area contributed by atoms with Gasteiger partial charge < -0.3 is 5.32 Å². The normalized spacial score (nSPS) is 26.4. The molecule has 2 amide bonds. The van der Waals surface area contributed by atoms with Crippen molar-refractivity contribution in [1.82, 2.24) is 16.2 Å². The Bertz CT molecular complexity index is 793. The second-order valence-corrected chi connectivity index (χ2v) is 10.4. The third kappa shape index (κ3) is 4.99. The van der Waals surface area contributed by atoms with Gasteiger partial charge in [0.2, 0.25) is 0 Å². The number of halogens is 1. The van der Waals surface area contributed by atoms with E-state index in [0.717, 1.165) is 37.7 Å². The van der Waals surface area contributed by atoms with Gasteiger partial charge in [-0.2, -0.15) is 0 Å². The maximum Gasteiger partial charge on any atom is 0.329 e. The molecule has 6 nitrogen and oxygen atoms in total. The van der Waals surface area contributed by atoms with Crippen LogP contribution >= 0.6 is 0 Å². The van der Waals surface area contributed by atoms with Gasteiger partial charge in [0.25, 0.3) is 0 Å². The van der Waals surface area contributed by atoms with Crippen LogP contribution < -0.4 is 16.2 Å². The summed E-state index contributed by atoms with van der Waals surface area (Å²) in [6, 6.07) is 6.23. The first-order valence-electron chi connectivity index (χ1n) is 9.50. The van der Waals surface area contributed by atoms with Crippen LogP contribution in [0, 0.1) is 5.82 Å². The molecule has 0 spiro atoms. The molecule has 2 aliphatic rings. The summed E-state index contributed by atoms with van der Waals surface area (Å²) in [6.45, 7) is 2.20. The number of nitrogens with one attached hydrogen (secondary N) is 3. The van der Waals surface area contributed by atoms with Crippen LogP contribution in [0.4, 0.5) is 9.18 Å². The number of hydrogen-bond acceptors (Lipinski definition) is 4. The monoisotopic (exact) mass is 397 g/mol. The van der Waals surface area contributed by atoms with Gasteiger partial charge >= 0.3 is 6.03 Å². The minimum Gasteiger partial charge on any atom is -0.336 e. The molecule has 1 saturated carbocycles. The maximum absolute atomic E-state index is 13.7. The molecule has 1 aromatic rings. The fourth-order valence-electron chi connectivity index (χ4n) is 4.22. The van der Waals surface area contributed by atoms with Gasteiger partial charge in [-0.1, -0.05) is 31.4 Å². The van der Waals surface area contributed by atoms with E-state index in [1.165, 1.54) is 6.07 Å². The van der Waals surface area contributed by atoms with E-state index >= 15 is 0 Å². The lowest BCUT2D eigenvalue weighted by Crippen LogP contribution is -2.57. The molecular formula is C19H28FN3O3S. The SMILES string of the molecule is C[C@@]1(NNC(=O)NCC2(c3cccc(F)c3)CCCCC2)CCS(=O)(=O)C1. The molecule has 1 aliphatic heterocycles. The highest BCUT2D eigenvalue weighted by molar-refractivity contribution is 7.91. The second kappa shape index (κ2) is 7.75. The molecule has 1 heterocycles. The largest absolute Gasteiger partial charge is 0.336 e. The number of urea groups is 1. The zero-order valence-corrected chi connectivity index (χ0v) is 16.5. The van der Waals surface area contributed by atoms with Crippen molar-refractivity contribution in [2.75, 3.05) is 18.1 Å². The molecule has 8 heteroatoms. The number of hydrogen-bond donors (Lipinski definition) is 3. The van der Waals surface area contributed by atoms with E-state index in [9.17, 15) is 17.6 Å². The third-order valence-corrected chi connectivity index (χ3v) is 7.72. The zero-order chi connectivity index (χ0) is 19.5. The highest BCUT2D eigenvalue weighted by atomic mass is 32.2. The molecule has 1 atom stereocenters. The van der Waals surface area contributed by atoms with Crippen LogP contribution in [0.2, 0.25) is 0 Å². The molecule has 1 saturated heterocycles. The summed E-state index contributed by atoms with van der Waals surface area (Å²) in [5.74, 6) is -0.130. The highest BCUT2D eigenvalue weighted by Gasteiger charge is 2.39. The number of carbonyl (C=O) groups is 1. The summed E-state index contributed by atoms with van der Waals surface area (Å²) in [6.07, 6.45) is 5.52. The molecule has 0 unspecified atom stereocenters. The predicted molar refractivity (Wildman–Crippen MR) is 103 cm³/mol. The standard InChI is InChI=1S/C19H28FN3O3S/c1-18(10-11-27(25,26)14-18)23-22-17(24)21-13-19(8-3-2-4-9-19)15-6-5-7-16(20)12-15/h5-7,12,23H,2-4,8-11,13-14H2,1H3,(H2,21,22,24)/t18-/m1/s1. The molecule has 1 aromatic carbocycles. The van der Waals surface area contributed by atoms with Crippen molar-refractivity contribution in [3.05, 3.63) is 35.6 Å². The lowest BCUT2D eigenvalue weighted by molar-refractivity contribution is 0.218. The number of amides is 2. The molecule has 3 rings (SSSR count). The Balaban J connectivity index is 1.60. The van der Waals surface area contributed by atoms with Gasteiger partial charge in [-0.3, -0.25) is 5.43 Å². The van der Waals surface area contributed by atoms with Crippen LogP contribution in [-0.4, -0.2) is 38.0 Å². The van der Waals surface area contributed by atoms with Crippen molar-refractivity contribution in [1.29, 1.82) is 0 Å². The van der Waals surface area contributed by atoms with Crippen molar-refractivity contribution in [2.24, 2.45) is 0 Å². The van der Waals surface area contributed by atoms with Crippen LogP contribution in [0.3, 0.4) is 0 Å². The van der Waals surface area contributed by atoms with E-state index in [1.54, 1.807) is 19.1 Å². The van der Waals surface area contributed by atoms with Gasteiger partial charge in [-0.15, -0.1) is 0 Å². The zero-order valence-electron chi connectivity index (χ0n) is 15.7. The highest BCUT2D eigenvalue weighted by Crippen LogP contribution is 2.39. The van der Waals surface area contributed by atoms with E-state index in [-0.39, 0.29) is 22.7 Å². The minimum absolute atomic E-state index is 0.00745. The average Bonchev–Trinajstić information content (AvgIpc) is 2.93. The van der Waals surface area contributed by atoms with E-state index in [1.807, 2.05) is 6.07 Å². The van der Waals surface area contributed by atoms with E-state index < -0.39 is 21.4 Å². The molecule has 27 heavy (non-hydrogen) atoms. The van der Waals surface area contributed by atoms with Gasteiger partial charge in [-0.05, 0) is 43.9 Å². The maximum atomic E-state index is 13.7. The fraction of sp³-hybridized carbons (Fsp3) is 0.632. The van der Waals surface area contributed by atoms with Crippen molar-refractivity contribution in [3.8, 4) is 0 Å². The molecule has 0 aromatic heterocycles. The van der Waals surface area contributed by atoms with E-state index in [2.05, 4.69) is 16.2 Å². The number of sulfone groups is 1. The number of hydrazine groups is 1. The Labute approximate surface area is 160 Å². The Morgan fingerprint density at radius 1 is 1.19 bits per heavy atom. The van der Waals surface area contributed by atoms with Crippen molar-refractivity contribution < 1.29 is 17.6 Å². The summed E-state index contributed by atoms with van der Waals surface area (Å²) < 4.78 is 37.0. The summed E-state index contributed by atoms with van der Waals surface area (Å²) in [5.41, 5.74) is 5.45. The van der Waals surface area contributed by atoms with Crippen molar-refractivity contribution in [2.45, 2.75) is 56.4 Å². The van der Waals surface area contributed by atoms with E-state index in [4.69, 9.17) is 0 Å². The summed E-state index contributed by atoms with van der Waals surface area (Å²) in [5, 5.41) is 2.89. The molecule has 150 valence electrons.